The van der Waals surface area contributed by atoms with E-state index in [9.17, 15) is 9.90 Å². The third kappa shape index (κ3) is 3.60. The second kappa shape index (κ2) is 7.53. The van der Waals surface area contributed by atoms with Crippen molar-refractivity contribution in [2.24, 2.45) is 0 Å². The number of rotatable bonds is 4. The first kappa shape index (κ1) is 17.7. The molecule has 1 atom stereocenters. The van der Waals surface area contributed by atoms with Gasteiger partial charge in [-0.05, 0) is 61.1 Å². The van der Waals surface area contributed by atoms with E-state index >= 15 is 0 Å². The summed E-state index contributed by atoms with van der Waals surface area (Å²) in [4.78, 5) is 19.4. The highest BCUT2D eigenvalue weighted by atomic mass is 16.3. The van der Waals surface area contributed by atoms with Crippen molar-refractivity contribution in [1.82, 2.24) is 9.88 Å². The highest BCUT2D eigenvalue weighted by Crippen LogP contribution is 2.27. The standard InChI is InChI=1S/C22H24N2O3/c1-15-23-20-14-17(8-9-21(20)27-15)16-5-4-6-18(13-16)22(26)24-11-3-2-7-19(24)10-12-25/h4-6,8-9,13-14,19,25H,2-3,7,10-12H2,1H3/t19-/m1/s1. The Morgan fingerprint density at radius 3 is 2.93 bits per heavy atom. The zero-order chi connectivity index (χ0) is 18.8. The Morgan fingerprint density at radius 2 is 2.07 bits per heavy atom. The first-order chi connectivity index (χ1) is 13.2. The number of likely N-dealkylation sites (tertiary alicyclic amines) is 1. The number of piperidine rings is 1. The molecule has 0 aliphatic carbocycles. The van der Waals surface area contributed by atoms with Crippen molar-refractivity contribution in [3.63, 3.8) is 0 Å². The lowest BCUT2D eigenvalue weighted by molar-refractivity contribution is 0.0574. The van der Waals surface area contributed by atoms with Crippen molar-refractivity contribution in [2.45, 2.75) is 38.6 Å². The Bertz CT molecular complexity index is 961. The van der Waals surface area contributed by atoms with Crippen LogP contribution in [0.15, 0.2) is 46.9 Å². The van der Waals surface area contributed by atoms with Crippen molar-refractivity contribution in [2.75, 3.05) is 13.2 Å². The molecule has 0 bridgehead atoms. The van der Waals surface area contributed by atoms with E-state index in [2.05, 4.69) is 4.98 Å². The first-order valence-corrected chi connectivity index (χ1v) is 9.55. The molecule has 1 N–H and O–H groups in total. The van der Waals surface area contributed by atoms with E-state index in [0.29, 0.717) is 17.9 Å². The Balaban J connectivity index is 1.63. The van der Waals surface area contributed by atoms with Gasteiger partial charge in [0.25, 0.3) is 5.91 Å². The molecule has 0 radical (unpaired) electrons. The lowest BCUT2D eigenvalue weighted by atomic mass is 9.97. The van der Waals surface area contributed by atoms with E-state index in [1.54, 1.807) is 0 Å². The molecule has 27 heavy (non-hydrogen) atoms. The zero-order valence-corrected chi connectivity index (χ0v) is 15.5. The van der Waals surface area contributed by atoms with Crippen LogP contribution in [0.25, 0.3) is 22.2 Å². The summed E-state index contributed by atoms with van der Waals surface area (Å²) in [5.74, 6) is 0.694. The van der Waals surface area contributed by atoms with E-state index in [0.717, 1.165) is 48.0 Å². The number of aliphatic hydroxyl groups is 1. The number of nitrogens with zero attached hydrogens (tertiary/aromatic N) is 2. The number of hydrogen-bond acceptors (Lipinski definition) is 4. The minimum atomic E-state index is 0.0494. The lowest BCUT2D eigenvalue weighted by Crippen LogP contribution is -2.44. The molecule has 4 rings (SSSR count). The van der Waals surface area contributed by atoms with Gasteiger partial charge in [0, 0.05) is 31.7 Å². The minimum absolute atomic E-state index is 0.0494. The molecule has 2 heterocycles. The summed E-state index contributed by atoms with van der Waals surface area (Å²) >= 11 is 0. The zero-order valence-electron chi connectivity index (χ0n) is 15.5. The predicted molar refractivity (Wildman–Crippen MR) is 105 cm³/mol. The number of aryl methyl sites for hydroxylation is 1. The molecule has 1 saturated heterocycles. The van der Waals surface area contributed by atoms with E-state index in [4.69, 9.17) is 4.42 Å². The van der Waals surface area contributed by atoms with Gasteiger partial charge in [0.2, 0.25) is 0 Å². The van der Waals surface area contributed by atoms with Crippen LogP contribution in [0.4, 0.5) is 0 Å². The van der Waals surface area contributed by atoms with Gasteiger partial charge < -0.3 is 14.4 Å². The van der Waals surface area contributed by atoms with Crippen molar-refractivity contribution in [3.05, 3.63) is 53.9 Å². The molecule has 1 aromatic heterocycles. The average Bonchev–Trinajstić information content (AvgIpc) is 3.07. The molecular formula is C22H24N2O3. The molecule has 0 unspecified atom stereocenters. The van der Waals surface area contributed by atoms with E-state index in [1.807, 2.05) is 54.3 Å². The molecule has 1 fully saturated rings. The number of aromatic nitrogens is 1. The lowest BCUT2D eigenvalue weighted by Gasteiger charge is -2.35. The van der Waals surface area contributed by atoms with Gasteiger partial charge in [-0.15, -0.1) is 0 Å². The summed E-state index contributed by atoms with van der Waals surface area (Å²) in [6, 6.07) is 13.8. The van der Waals surface area contributed by atoms with E-state index in [-0.39, 0.29) is 18.6 Å². The number of hydrogen-bond donors (Lipinski definition) is 1. The topological polar surface area (TPSA) is 66.6 Å². The van der Waals surface area contributed by atoms with Gasteiger partial charge >= 0.3 is 0 Å². The second-order valence-corrected chi connectivity index (χ2v) is 7.16. The Labute approximate surface area is 158 Å². The molecule has 5 nitrogen and oxygen atoms in total. The maximum Gasteiger partial charge on any atom is 0.254 e. The number of benzene rings is 2. The Kier molecular flexibility index (Phi) is 4.94. The van der Waals surface area contributed by atoms with Gasteiger partial charge in [-0.1, -0.05) is 18.2 Å². The van der Waals surface area contributed by atoms with Crippen molar-refractivity contribution in [3.8, 4) is 11.1 Å². The van der Waals surface area contributed by atoms with Crippen LogP contribution in [-0.4, -0.2) is 40.1 Å². The number of fused-ring (bicyclic) bond motifs is 1. The fourth-order valence-corrected chi connectivity index (χ4v) is 3.94. The molecule has 5 heteroatoms. The fraction of sp³-hybridized carbons (Fsp3) is 0.364. The molecule has 1 aliphatic heterocycles. The van der Waals surface area contributed by atoms with Gasteiger partial charge in [-0.25, -0.2) is 4.98 Å². The largest absolute Gasteiger partial charge is 0.441 e. The predicted octanol–water partition coefficient (Wildman–Crippen LogP) is 4.18. The van der Waals surface area contributed by atoms with Crippen LogP contribution >= 0.6 is 0 Å². The molecule has 1 amide bonds. The van der Waals surface area contributed by atoms with Crippen LogP contribution in [0.3, 0.4) is 0 Å². The summed E-state index contributed by atoms with van der Waals surface area (Å²) in [6.45, 7) is 2.71. The average molecular weight is 364 g/mol. The SMILES string of the molecule is Cc1nc2cc(-c3cccc(C(=O)N4CCCC[C@@H]4CCO)c3)ccc2o1. The third-order valence-corrected chi connectivity index (χ3v) is 5.29. The first-order valence-electron chi connectivity index (χ1n) is 9.55. The maximum atomic E-state index is 13.1. The van der Waals surface area contributed by atoms with Gasteiger partial charge in [-0.3, -0.25) is 4.79 Å². The van der Waals surface area contributed by atoms with Gasteiger partial charge in [0.1, 0.15) is 5.52 Å². The van der Waals surface area contributed by atoms with Crippen molar-refractivity contribution >= 4 is 17.0 Å². The van der Waals surface area contributed by atoms with E-state index in [1.165, 1.54) is 0 Å². The number of aliphatic hydroxyl groups excluding tert-OH is 1. The number of oxazole rings is 1. The third-order valence-electron chi connectivity index (χ3n) is 5.29. The van der Waals surface area contributed by atoms with E-state index < -0.39 is 0 Å². The van der Waals surface area contributed by atoms with Gasteiger partial charge in [0.15, 0.2) is 11.5 Å². The summed E-state index contributed by atoms with van der Waals surface area (Å²) < 4.78 is 5.54. The van der Waals surface area contributed by atoms with Crippen molar-refractivity contribution < 1.29 is 14.3 Å². The second-order valence-electron chi connectivity index (χ2n) is 7.16. The van der Waals surface area contributed by atoms with Crippen LogP contribution in [-0.2, 0) is 0 Å². The monoisotopic (exact) mass is 364 g/mol. The summed E-state index contributed by atoms with van der Waals surface area (Å²) in [7, 11) is 0. The highest BCUT2D eigenvalue weighted by Gasteiger charge is 2.27. The summed E-state index contributed by atoms with van der Waals surface area (Å²) in [6.07, 6.45) is 3.75. The van der Waals surface area contributed by atoms with Gasteiger partial charge in [0.05, 0.1) is 0 Å². The molecule has 140 valence electrons. The smallest absolute Gasteiger partial charge is 0.254 e. The fourth-order valence-electron chi connectivity index (χ4n) is 3.94. The van der Waals surface area contributed by atoms with Crippen LogP contribution in [0, 0.1) is 6.92 Å². The highest BCUT2D eigenvalue weighted by molar-refractivity contribution is 5.96. The number of carbonyl (C=O) groups excluding carboxylic acids is 1. The molecular weight excluding hydrogens is 340 g/mol. The Morgan fingerprint density at radius 1 is 1.22 bits per heavy atom. The number of amides is 1. The summed E-state index contributed by atoms with van der Waals surface area (Å²) in [5.41, 5.74) is 4.27. The van der Waals surface area contributed by atoms with Crippen LogP contribution < -0.4 is 0 Å². The number of carbonyl (C=O) groups is 1. The van der Waals surface area contributed by atoms with Crippen LogP contribution in [0.2, 0.25) is 0 Å². The van der Waals surface area contributed by atoms with Crippen LogP contribution in [0.1, 0.15) is 41.9 Å². The Hall–Kier alpha value is -2.66. The molecule has 0 saturated carbocycles. The van der Waals surface area contributed by atoms with Gasteiger partial charge in [-0.2, -0.15) is 0 Å². The molecule has 0 spiro atoms. The molecule has 1 aliphatic rings. The van der Waals surface area contributed by atoms with Crippen LogP contribution in [0.5, 0.6) is 0 Å². The molecule has 2 aromatic carbocycles. The molecule has 3 aromatic rings. The summed E-state index contributed by atoms with van der Waals surface area (Å²) in [5, 5.41) is 9.32. The maximum absolute atomic E-state index is 13.1. The minimum Gasteiger partial charge on any atom is -0.441 e. The quantitative estimate of drug-likeness (QED) is 0.754. The van der Waals surface area contributed by atoms with Crippen molar-refractivity contribution in [1.29, 1.82) is 0 Å². The normalized spacial score (nSPS) is 17.4.